The van der Waals surface area contributed by atoms with E-state index >= 15 is 0 Å². The number of nitrogens with one attached hydrogen (secondary N) is 1. The second kappa shape index (κ2) is 7.68. The van der Waals surface area contributed by atoms with Gasteiger partial charge >= 0.3 is 0 Å². The number of para-hydroxylation sites is 1. The van der Waals surface area contributed by atoms with E-state index in [2.05, 4.69) is 10.3 Å². The molecule has 154 valence electrons. The van der Waals surface area contributed by atoms with Gasteiger partial charge in [0.1, 0.15) is 6.17 Å². The molecule has 31 heavy (non-hydrogen) atoms. The zero-order valence-corrected chi connectivity index (χ0v) is 16.7. The molecule has 0 saturated heterocycles. The quantitative estimate of drug-likeness (QED) is 0.699. The molecular weight excluding hydrogens is 392 g/mol. The Labute approximate surface area is 179 Å². The molecule has 7 nitrogen and oxygen atoms in total. The van der Waals surface area contributed by atoms with Gasteiger partial charge in [-0.1, -0.05) is 36.4 Å². The lowest BCUT2D eigenvalue weighted by molar-refractivity contribution is -0.121. The average molecular weight is 412 g/mol. The van der Waals surface area contributed by atoms with E-state index in [9.17, 15) is 14.4 Å². The van der Waals surface area contributed by atoms with Crippen LogP contribution in [-0.4, -0.2) is 34.2 Å². The Balaban J connectivity index is 1.39. The topological polar surface area (TPSA) is 82.6 Å². The third kappa shape index (κ3) is 3.24. The van der Waals surface area contributed by atoms with E-state index in [-0.39, 0.29) is 30.7 Å². The van der Waals surface area contributed by atoms with E-state index < -0.39 is 6.17 Å². The van der Waals surface area contributed by atoms with E-state index in [0.29, 0.717) is 23.4 Å². The molecule has 7 heteroatoms. The van der Waals surface area contributed by atoms with Crippen LogP contribution in [0.15, 0.2) is 73.1 Å². The highest BCUT2D eigenvalue weighted by atomic mass is 16.2. The summed E-state index contributed by atoms with van der Waals surface area (Å²) >= 11 is 0. The van der Waals surface area contributed by atoms with Crippen molar-refractivity contribution in [3.63, 3.8) is 0 Å². The fourth-order valence-electron chi connectivity index (χ4n) is 4.21. The third-order valence-electron chi connectivity index (χ3n) is 5.68. The molecule has 3 heterocycles. The maximum atomic E-state index is 13.3. The van der Waals surface area contributed by atoms with Gasteiger partial charge in [0.25, 0.3) is 11.8 Å². The van der Waals surface area contributed by atoms with Crippen LogP contribution in [0.2, 0.25) is 0 Å². The number of pyridine rings is 1. The van der Waals surface area contributed by atoms with Gasteiger partial charge in [0, 0.05) is 43.0 Å². The van der Waals surface area contributed by atoms with Crippen molar-refractivity contribution in [2.45, 2.75) is 19.1 Å². The molecule has 0 aliphatic carbocycles. The number of aromatic nitrogens is 1. The number of benzene rings is 2. The van der Waals surface area contributed by atoms with E-state index in [1.54, 1.807) is 46.5 Å². The van der Waals surface area contributed by atoms with Crippen molar-refractivity contribution in [2.24, 2.45) is 0 Å². The maximum absolute atomic E-state index is 13.3. The lowest BCUT2D eigenvalue weighted by atomic mass is 10.0. The van der Waals surface area contributed by atoms with Crippen LogP contribution < -0.4 is 10.2 Å². The molecule has 2 aliphatic heterocycles. The molecule has 0 unspecified atom stereocenters. The first-order valence-electron chi connectivity index (χ1n) is 10.1. The van der Waals surface area contributed by atoms with Crippen LogP contribution >= 0.6 is 0 Å². The van der Waals surface area contributed by atoms with E-state index in [1.807, 2.05) is 36.4 Å². The fraction of sp³-hybridized carbons (Fsp3) is 0.167. The standard InChI is InChI=1S/C24H20N4O3/c29-21(26-15-16-6-5-12-25-14-16)11-13-27-22-17-7-1-2-8-18(17)24(31)28(22)20-10-4-3-9-19(20)23(27)30/h1-10,12,14,22H,11,13,15H2,(H,26,29)/t22-/m1/s1. The van der Waals surface area contributed by atoms with Crippen molar-refractivity contribution in [2.75, 3.05) is 11.4 Å². The molecule has 1 N–H and O–H groups in total. The second-order valence-electron chi connectivity index (χ2n) is 7.54. The first-order valence-corrected chi connectivity index (χ1v) is 10.1. The first kappa shape index (κ1) is 19.0. The number of carbonyl (C=O) groups is 3. The molecule has 0 bridgehead atoms. The predicted octanol–water partition coefficient (Wildman–Crippen LogP) is 2.90. The lowest BCUT2D eigenvalue weighted by Crippen LogP contribution is -2.49. The number of rotatable bonds is 5. The highest BCUT2D eigenvalue weighted by Crippen LogP contribution is 2.45. The van der Waals surface area contributed by atoms with Crippen molar-refractivity contribution in [1.29, 1.82) is 0 Å². The van der Waals surface area contributed by atoms with Crippen LogP contribution in [0.25, 0.3) is 0 Å². The van der Waals surface area contributed by atoms with Crippen LogP contribution in [0, 0.1) is 0 Å². The Bertz CT molecular complexity index is 1180. The average Bonchev–Trinajstić information content (AvgIpc) is 3.11. The Morgan fingerprint density at radius 1 is 0.935 bits per heavy atom. The molecule has 3 aromatic rings. The van der Waals surface area contributed by atoms with Crippen LogP contribution in [-0.2, 0) is 11.3 Å². The van der Waals surface area contributed by atoms with Crippen LogP contribution in [0.4, 0.5) is 5.69 Å². The van der Waals surface area contributed by atoms with E-state index in [1.165, 1.54) is 0 Å². The molecule has 0 spiro atoms. The molecule has 1 atom stereocenters. The van der Waals surface area contributed by atoms with Gasteiger partial charge < -0.3 is 10.2 Å². The number of carbonyl (C=O) groups excluding carboxylic acids is 3. The molecule has 2 aromatic carbocycles. The third-order valence-corrected chi connectivity index (χ3v) is 5.68. The van der Waals surface area contributed by atoms with Gasteiger partial charge in [0.05, 0.1) is 11.3 Å². The number of amides is 3. The summed E-state index contributed by atoms with van der Waals surface area (Å²) in [5.41, 5.74) is 3.35. The van der Waals surface area contributed by atoms with Crippen molar-refractivity contribution in [3.05, 3.63) is 95.3 Å². The van der Waals surface area contributed by atoms with E-state index in [0.717, 1.165) is 11.1 Å². The Hall–Kier alpha value is -4.00. The monoisotopic (exact) mass is 412 g/mol. The number of hydrogen-bond donors (Lipinski definition) is 1. The maximum Gasteiger partial charge on any atom is 0.260 e. The number of fused-ring (bicyclic) bond motifs is 5. The zero-order chi connectivity index (χ0) is 21.4. The van der Waals surface area contributed by atoms with Crippen molar-refractivity contribution in [3.8, 4) is 0 Å². The highest BCUT2D eigenvalue weighted by Gasteiger charge is 2.47. The van der Waals surface area contributed by atoms with Crippen LogP contribution in [0.5, 0.6) is 0 Å². The SMILES string of the molecule is O=C(CCN1C(=O)c2ccccc2N2C(=O)c3ccccc3[C@H]12)NCc1cccnc1. The Morgan fingerprint density at radius 2 is 1.71 bits per heavy atom. The smallest absolute Gasteiger partial charge is 0.260 e. The number of anilines is 1. The Kier molecular flexibility index (Phi) is 4.71. The molecule has 0 radical (unpaired) electrons. The molecule has 0 saturated carbocycles. The van der Waals surface area contributed by atoms with Gasteiger partial charge in [-0.15, -0.1) is 0 Å². The fourth-order valence-corrected chi connectivity index (χ4v) is 4.21. The molecule has 5 rings (SSSR count). The van der Waals surface area contributed by atoms with Gasteiger partial charge in [-0.3, -0.25) is 24.3 Å². The summed E-state index contributed by atoms with van der Waals surface area (Å²) in [6.45, 7) is 0.579. The largest absolute Gasteiger partial charge is 0.352 e. The van der Waals surface area contributed by atoms with Crippen molar-refractivity contribution >= 4 is 23.4 Å². The number of hydrogen-bond acceptors (Lipinski definition) is 4. The molecule has 2 aliphatic rings. The summed E-state index contributed by atoms with van der Waals surface area (Å²) in [6.07, 6.45) is 2.97. The van der Waals surface area contributed by atoms with Crippen LogP contribution in [0.3, 0.4) is 0 Å². The summed E-state index contributed by atoms with van der Waals surface area (Å²) in [7, 11) is 0. The van der Waals surface area contributed by atoms with Gasteiger partial charge in [-0.05, 0) is 29.8 Å². The summed E-state index contributed by atoms with van der Waals surface area (Å²) < 4.78 is 0. The first-order chi connectivity index (χ1) is 15.1. The zero-order valence-electron chi connectivity index (χ0n) is 16.7. The highest BCUT2D eigenvalue weighted by molar-refractivity contribution is 6.16. The molecule has 0 fully saturated rings. The summed E-state index contributed by atoms with van der Waals surface area (Å²) in [4.78, 5) is 46.2. The normalized spacial score (nSPS) is 16.6. The predicted molar refractivity (Wildman–Crippen MR) is 114 cm³/mol. The minimum absolute atomic E-state index is 0.133. The van der Waals surface area contributed by atoms with Gasteiger partial charge in [-0.25, -0.2) is 0 Å². The molecular formula is C24H20N4O3. The second-order valence-corrected chi connectivity index (χ2v) is 7.54. The van der Waals surface area contributed by atoms with Crippen molar-refractivity contribution in [1.82, 2.24) is 15.2 Å². The molecule has 3 amide bonds. The van der Waals surface area contributed by atoms with Gasteiger partial charge in [0.15, 0.2) is 0 Å². The Morgan fingerprint density at radius 3 is 2.52 bits per heavy atom. The summed E-state index contributed by atoms with van der Waals surface area (Å²) in [6, 6.07) is 18.1. The van der Waals surface area contributed by atoms with Crippen molar-refractivity contribution < 1.29 is 14.4 Å². The minimum Gasteiger partial charge on any atom is -0.352 e. The lowest BCUT2D eigenvalue weighted by Gasteiger charge is -2.40. The molecule has 1 aromatic heterocycles. The minimum atomic E-state index is -0.544. The van der Waals surface area contributed by atoms with Gasteiger partial charge in [0.2, 0.25) is 5.91 Å². The summed E-state index contributed by atoms with van der Waals surface area (Å²) in [5.74, 6) is -0.479. The van der Waals surface area contributed by atoms with Crippen LogP contribution in [0.1, 0.15) is 44.4 Å². The number of nitrogens with zero attached hydrogens (tertiary/aromatic N) is 3. The van der Waals surface area contributed by atoms with E-state index in [4.69, 9.17) is 0 Å². The summed E-state index contributed by atoms with van der Waals surface area (Å²) in [5, 5.41) is 2.86. The van der Waals surface area contributed by atoms with Gasteiger partial charge in [-0.2, -0.15) is 0 Å².